The average Bonchev–Trinajstić information content (AvgIpc) is 3.41. The third-order valence-corrected chi connectivity index (χ3v) is 13.1. The molecule has 0 aliphatic rings. The molecule has 0 spiro atoms. The molecule has 0 heterocycles. The van der Waals surface area contributed by atoms with Gasteiger partial charge in [-0.05, 0) is 116 Å². The first-order valence-corrected chi connectivity index (χ1v) is 31.3. The maximum Gasteiger partial charge on any atom is 0.472 e. The van der Waals surface area contributed by atoms with Crippen LogP contribution in [-0.4, -0.2) is 66.5 Å². The third kappa shape index (κ3) is 54.9. The van der Waals surface area contributed by atoms with Crippen molar-refractivity contribution in [1.82, 2.24) is 0 Å². The lowest BCUT2D eigenvalue weighted by Gasteiger charge is -2.21. The first-order valence-electron chi connectivity index (χ1n) is 29.8. The molecule has 0 bridgehead atoms. The third-order valence-electron chi connectivity index (χ3n) is 12.2. The van der Waals surface area contributed by atoms with E-state index in [-0.39, 0.29) is 25.9 Å². The van der Waals surface area contributed by atoms with Crippen LogP contribution in [0.2, 0.25) is 0 Å². The Labute approximate surface area is 463 Å². The van der Waals surface area contributed by atoms with E-state index in [1.165, 1.54) is 64.2 Å². The summed E-state index contributed by atoms with van der Waals surface area (Å²) in [5.74, 6) is -1.59. The molecule has 0 saturated heterocycles. The van der Waals surface area contributed by atoms with Crippen LogP contribution >= 0.6 is 7.82 Å². The number of phosphoric acid groups is 1. The Bertz CT molecular complexity index is 1690. The number of aliphatic hydroxyl groups is 1. The van der Waals surface area contributed by atoms with Gasteiger partial charge in [-0.3, -0.25) is 23.4 Å². The largest absolute Gasteiger partial charge is 0.472 e. The van der Waals surface area contributed by atoms with Crippen molar-refractivity contribution in [1.29, 1.82) is 0 Å². The summed E-state index contributed by atoms with van der Waals surface area (Å²) in [6.07, 6.45) is 69.1. The summed E-state index contributed by atoms with van der Waals surface area (Å²) in [6.45, 7) is 4.39. The summed E-state index contributed by atoms with van der Waals surface area (Å²) in [5.41, 5.74) is 0. The van der Waals surface area contributed by atoms with Gasteiger partial charge in [-0.2, -0.15) is 0 Å². The standard InChI is InChI=1S/C64H107O11P/c1-4-7-10-13-16-19-22-25-27-29-30-32-33-36-38-41-44-47-50-53-62(66)71-57-61(75-64(68)55-52-49-46-43-40-37-34-31-28-26-23-20-17-14-11-8-5-2)59-73-76(69,70)72-58-60(56-65)74-63(67)54-51-48-45-42-39-35-24-21-18-15-12-9-6-3/h7,10,16-17,19-21,24-28,30,32,36,38,44,47,60-61,65H,4-6,8-9,11-15,18,22-23,29,31,33-35,37,39-43,45-46,48-59H2,1-3H3,(H,69,70)/b10-7-,19-16-,20-17-,24-21-,27-25-,28-26-,32-30-,38-36-,47-44-. The highest BCUT2D eigenvalue weighted by molar-refractivity contribution is 7.47. The van der Waals surface area contributed by atoms with E-state index < -0.39 is 57.8 Å². The van der Waals surface area contributed by atoms with Crippen molar-refractivity contribution in [3.63, 3.8) is 0 Å². The maximum atomic E-state index is 12.9. The van der Waals surface area contributed by atoms with Crippen molar-refractivity contribution in [3.05, 3.63) is 109 Å². The number of esters is 3. The van der Waals surface area contributed by atoms with Crippen LogP contribution < -0.4 is 0 Å². The lowest BCUT2D eigenvalue weighted by molar-refractivity contribution is -0.161. The van der Waals surface area contributed by atoms with Gasteiger partial charge in [0.25, 0.3) is 0 Å². The van der Waals surface area contributed by atoms with Crippen LogP contribution in [0.4, 0.5) is 0 Å². The fourth-order valence-corrected chi connectivity index (χ4v) is 8.43. The maximum absolute atomic E-state index is 12.9. The van der Waals surface area contributed by atoms with Crippen molar-refractivity contribution >= 4 is 25.7 Å². The Morgan fingerprint density at radius 1 is 0.382 bits per heavy atom. The van der Waals surface area contributed by atoms with Gasteiger partial charge < -0.3 is 24.2 Å². The van der Waals surface area contributed by atoms with Gasteiger partial charge in [0.2, 0.25) is 0 Å². The highest BCUT2D eigenvalue weighted by atomic mass is 31.2. The minimum absolute atomic E-state index is 0.0945. The van der Waals surface area contributed by atoms with Gasteiger partial charge in [0.05, 0.1) is 19.8 Å². The molecule has 0 rings (SSSR count). The van der Waals surface area contributed by atoms with Gasteiger partial charge in [-0.15, -0.1) is 0 Å². The van der Waals surface area contributed by atoms with Crippen LogP contribution in [0.3, 0.4) is 0 Å². The van der Waals surface area contributed by atoms with Crippen LogP contribution in [0, 0.1) is 0 Å². The molecule has 0 aliphatic heterocycles. The molecule has 76 heavy (non-hydrogen) atoms. The molecular formula is C64H107O11P. The van der Waals surface area contributed by atoms with E-state index in [1.807, 2.05) is 12.2 Å². The van der Waals surface area contributed by atoms with Gasteiger partial charge >= 0.3 is 25.7 Å². The first kappa shape index (κ1) is 72.1. The van der Waals surface area contributed by atoms with Crippen LogP contribution in [0.5, 0.6) is 0 Å². The number of unbranched alkanes of at least 4 members (excludes halogenated alkanes) is 19. The van der Waals surface area contributed by atoms with Crippen molar-refractivity contribution in [3.8, 4) is 0 Å². The van der Waals surface area contributed by atoms with Gasteiger partial charge in [0.15, 0.2) is 6.10 Å². The summed E-state index contributed by atoms with van der Waals surface area (Å²) in [6, 6.07) is 0. The molecule has 0 aromatic rings. The van der Waals surface area contributed by atoms with Gasteiger partial charge in [-0.25, -0.2) is 4.57 Å². The zero-order valence-corrected chi connectivity index (χ0v) is 48.8. The molecule has 3 atom stereocenters. The zero-order chi connectivity index (χ0) is 55.5. The first-order chi connectivity index (χ1) is 37.2. The molecule has 0 aromatic carbocycles. The lowest BCUT2D eigenvalue weighted by Crippen LogP contribution is -2.30. The van der Waals surface area contributed by atoms with E-state index in [2.05, 4.69) is 118 Å². The molecule has 2 N–H and O–H groups in total. The Hall–Kier alpha value is -3.86. The molecule has 11 nitrogen and oxygen atoms in total. The Morgan fingerprint density at radius 2 is 0.711 bits per heavy atom. The summed E-state index contributed by atoms with van der Waals surface area (Å²) in [4.78, 5) is 48.6. The summed E-state index contributed by atoms with van der Waals surface area (Å²) in [7, 11) is -4.77. The number of aliphatic hydroxyl groups excluding tert-OH is 1. The molecule has 0 aromatic heterocycles. The number of hydrogen-bond donors (Lipinski definition) is 2. The van der Waals surface area contributed by atoms with Crippen molar-refractivity contribution in [2.75, 3.05) is 26.4 Å². The zero-order valence-electron chi connectivity index (χ0n) is 47.9. The number of ether oxygens (including phenoxy) is 3. The molecule has 0 amide bonds. The minimum Gasteiger partial charge on any atom is -0.462 e. The van der Waals surface area contributed by atoms with Crippen molar-refractivity contribution in [2.24, 2.45) is 0 Å². The van der Waals surface area contributed by atoms with E-state index in [0.29, 0.717) is 19.3 Å². The van der Waals surface area contributed by atoms with Crippen LogP contribution in [0.25, 0.3) is 0 Å². The summed E-state index contributed by atoms with van der Waals surface area (Å²) < 4.78 is 39.5. The molecule has 0 saturated carbocycles. The predicted molar refractivity (Wildman–Crippen MR) is 316 cm³/mol. The summed E-state index contributed by atoms with van der Waals surface area (Å²) in [5, 5.41) is 9.81. The molecular weight excluding hydrogens is 976 g/mol. The van der Waals surface area contributed by atoms with Crippen LogP contribution in [-0.2, 0) is 42.2 Å². The normalized spacial score (nSPS) is 14.1. The monoisotopic (exact) mass is 1080 g/mol. The smallest absolute Gasteiger partial charge is 0.462 e. The SMILES string of the molecule is CC/C=C\C/C=C\C/C=C\C/C=C\C/C=C\C/C=C\CCC(=O)OCC(COP(=O)(O)OCC(CO)OC(=O)CCCCCCC/C=C\CCCCCC)OC(=O)CCCCCCCCC/C=C\C/C=C\CCCCC. The van der Waals surface area contributed by atoms with Gasteiger partial charge in [0, 0.05) is 19.3 Å². The highest BCUT2D eigenvalue weighted by Gasteiger charge is 2.28. The molecule has 434 valence electrons. The van der Waals surface area contributed by atoms with E-state index in [0.717, 1.165) is 116 Å². The number of carbonyl (C=O) groups is 3. The fraction of sp³-hybridized carbons (Fsp3) is 0.672. The number of allylic oxidation sites excluding steroid dienone is 18. The fourth-order valence-electron chi connectivity index (χ4n) is 7.64. The van der Waals surface area contributed by atoms with Gasteiger partial charge in [-0.1, -0.05) is 214 Å². The van der Waals surface area contributed by atoms with Crippen molar-refractivity contribution in [2.45, 2.75) is 251 Å². The second-order valence-electron chi connectivity index (χ2n) is 19.4. The molecule has 3 unspecified atom stereocenters. The molecule has 12 heteroatoms. The second kappa shape index (κ2) is 57.3. The van der Waals surface area contributed by atoms with E-state index in [4.69, 9.17) is 23.3 Å². The van der Waals surface area contributed by atoms with Crippen LogP contribution in [0.15, 0.2) is 109 Å². The number of rotatable bonds is 54. The molecule has 0 fully saturated rings. The summed E-state index contributed by atoms with van der Waals surface area (Å²) >= 11 is 0. The second-order valence-corrected chi connectivity index (χ2v) is 20.9. The highest BCUT2D eigenvalue weighted by Crippen LogP contribution is 2.43. The van der Waals surface area contributed by atoms with Crippen LogP contribution in [0.1, 0.15) is 239 Å². The number of hydrogen-bond acceptors (Lipinski definition) is 10. The number of carbonyl (C=O) groups excluding carboxylic acids is 3. The van der Waals surface area contributed by atoms with E-state index in [9.17, 15) is 28.9 Å². The number of phosphoric ester groups is 1. The quantitative estimate of drug-likeness (QED) is 0.0197. The van der Waals surface area contributed by atoms with Gasteiger partial charge in [0.1, 0.15) is 12.7 Å². The lowest BCUT2D eigenvalue weighted by atomic mass is 10.1. The molecule has 0 aliphatic carbocycles. The average molecular weight is 1080 g/mol. The van der Waals surface area contributed by atoms with Crippen molar-refractivity contribution < 1.29 is 52.2 Å². The Kier molecular flexibility index (Phi) is 54.4. The minimum atomic E-state index is -4.77. The van der Waals surface area contributed by atoms with E-state index in [1.54, 1.807) is 0 Å². The van der Waals surface area contributed by atoms with E-state index >= 15 is 0 Å². The Balaban J connectivity index is 4.86. The topological polar surface area (TPSA) is 155 Å². The Morgan fingerprint density at radius 3 is 1.14 bits per heavy atom. The predicted octanol–water partition coefficient (Wildman–Crippen LogP) is 17.8. The molecule has 0 radical (unpaired) electrons.